The van der Waals surface area contributed by atoms with Gasteiger partial charge in [0.15, 0.2) is 5.78 Å². The molecule has 2 amide bonds. The molecule has 364 valence electrons. The summed E-state index contributed by atoms with van der Waals surface area (Å²) < 4.78 is 93.6. The highest BCUT2D eigenvalue weighted by atomic mass is 32.2. The molecule has 0 radical (unpaired) electrons. The molecular weight excluding hydrogens is 914 g/mol. The lowest BCUT2D eigenvalue weighted by atomic mass is 9.90. The van der Waals surface area contributed by atoms with Crippen molar-refractivity contribution in [3.8, 4) is 33.3 Å². The number of alkyl halides is 3. The minimum atomic E-state index is -4.91. The summed E-state index contributed by atoms with van der Waals surface area (Å²) in [5, 5.41) is 0. The summed E-state index contributed by atoms with van der Waals surface area (Å²) >= 11 is 1.37. The van der Waals surface area contributed by atoms with Crippen LogP contribution in [0.5, 0.6) is 11.5 Å². The molecule has 14 nitrogen and oxygen atoms in total. The zero-order valence-corrected chi connectivity index (χ0v) is 40.4. The third-order valence-corrected chi connectivity index (χ3v) is 16.2. The number of carbonyl (C=O) groups excluding carboxylic acids is 4. The van der Waals surface area contributed by atoms with E-state index in [4.69, 9.17) is 23.9 Å². The van der Waals surface area contributed by atoms with Gasteiger partial charge in [0.2, 0.25) is 27.4 Å². The van der Waals surface area contributed by atoms with E-state index < -0.39 is 105 Å². The molecule has 1 aromatic carbocycles. The molecule has 2 aliphatic heterocycles. The maximum Gasteiger partial charge on any atom is 0.427 e. The van der Waals surface area contributed by atoms with Crippen molar-refractivity contribution < 1.29 is 59.7 Å². The predicted molar refractivity (Wildman–Crippen MR) is 243 cm³/mol. The number of esters is 1. The van der Waals surface area contributed by atoms with Crippen molar-refractivity contribution in [1.29, 1.82) is 0 Å². The van der Waals surface area contributed by atoms with Crippen molar-refractivity contribution in [3.05, 3.63) is 60.3 Å². The summed E-state index contributed by atoms with van der Waals surface area (Å²) in [5.74, 6) is -4.20. The number of thiazole rings is 1. The van der Waals surface area contributed by atoms with Crippen LogP contribution in [0.2, 0.25) is 0 Å². The Morgan fingerprint density at radius 1 is 1.07 bits per heavy atom. The number of fused-ring (bicyclic) bond motifs is 2. The van der Waals surface area contributed by atoms with Gasteiger partial charge in [-0.25, -0.2) is 13.4 Å². The lowest BCUT2D eigenvalue weighted by Crippen LogP contribution is -2.50. The van der Waals surface area contributed by atoms with Gasteiger partial charge in [0, 0.05) is 36.7 Å². The first-order chi connectivity index (χ1) is 31.4. The third kappa shape index (κ3) is 11.2. The van der Waals surface area contributed by atoms with Crippen LogP contribution in [0.1, 0.15) is 106 Å². The van der Waals surface area contributed by atoms with Gasteiger partial charge >= 0.3 is 12.1 Å². The number of pyridine rings is 1. The van der Waals surface area contributed by atoms with E-state index in [1.54, 1.807) is 44.6 Å². The largest absolute Gasteiger partial charge is 0.491 e. The van der Waals surface area contributed by atoms with Crippen LogP contribution >= 0.6 is 11.3 Å². The molecule has 1 saturated heterocycles. The summed E-state index contributed by atoms with van der Waals surface area (Å²) in [4.78, 5) is 68.8. The number of aromatic nitrogens is 2. The molecule has 3 aromatic rings. The van der Waals surface area contributed by atoms with Crippen LogP contribution in [0.4, 0.5) is 13.2 Å². The first-order valence-corrected chi connectivity index (χ1v) is 25.2. The number of carbonyl (C=O) groups is 4. The van der Waals surface area contributed by atoms with Crippen molar-refractivity contribution >= 4 is 44.9 Å². The van der Waals surface area contributed by atoms with Gasteiger partial charge in [0.05, 0.1) is 75.2 Å². The van der Waals surface area contributed by atoms with Crippen LogP contribution in [0, 0.1) is 17.3 Å². The number of nitrogens with zero attached hydrogens (tertiary/aromatic N) is 3. The predicted octanol–water partition coefficient (Wildman–Crippen LogP) is 8.40. The summed E-state index contributed by atoms with van der Waals surface area (Å²) in [5.41, 5.74) is -0.795. The number of hydrogen-bond donors (Lipinski definition) is 1. The quantitative estimate of drug-likeness (QED) is 0.128. The van der Waals surface area contributed by atoms with E-state index in [0.29, 0.717) is 48.6 Å². The number of rotatable bonds is 13. The zero-order chi connectivity index (χ0) is 48.7. The Labute approximate surface area is 393 Å². The number of ether oxygens (including phenoxy) is 4. The Bertz CT molecular complexity index is 2460. The van der Waals surface area contributed by atoms with Gasteiger partial charge in [-0.1, -0.05) is 19.1 Å². The van der Waals surface area contributed by atoms with E-state index in [1.165, 1.54) is 16.2 Å². The minimum absolute atomic E-state index is 0.0371. The molecule has 0 spiro atoms. The molecule has 1 N–H and O–H groups in total. The normalized spacial score (nSPS) is 27.2. The van der Waals surface area contributed by atoms with Crippen molar-refractivity contribution in [2.75, 3.05) is 6.54 Å². The Hall–Kier alpha value is -4.88. The van der Waals surface area contributed by atoms with Gasteiger partial charge in [-0.2, -0.15) is 13.2 Å². The summed E-state index contributed by atoms with van der Waals surface area (Å²) in [7, 11) is -4.07. The first-order valence-electron chi connectivity index (χ1n) is 22.8. The molecule has 0 unspecified atom stereocenters. The second-order valence-electron chi connectivity index (χ2n) is 19.3. The molecule has 67 heavy (non-hydrogen) atoms. The average Bonchev–Trinajstić information content (AvgIpc) is 4.00. The molecule has 2 saturated carbocycles. The van der Waals surface area contributed by atoms with E-state index in [-0.39, 0.29) is 31.9 Å². The number of Topliss-reactive ketones (excluding diaryl/α,β-unsaturated/α-hetero) is 1. The molecule has 2 aliphatic carbocycles. The van der Waals surface area contributed by atoms with Gasteiger partial charge in [-0.05, 0) is 110 Å². The smallest absolute Gasteiger partial charge is 0.427 e. The highest BCUT2D eigenvalue weighted by Gasteiger charge is 2.63. The lowest BCUT2D eigenvalue weighted by Gasteiger charge is -2.34. The van der Waals surface area contributed by atoms with Crippen LogP contribution in [0.3, 0.4) is 0 Å². The average molecular weight is 973 g/mol. The Morgan fingerprint density at radius 3 is 2.40 bits per heavy atom. The Kier molecular flexibility index (Phi) is 14.4. The maximum atomic E-state index is 15.1. The van der Waals surface area contributed by atoms with Gasteiger partial charge < -0.3 is 23.8 Å². The molecule has 4 heterocycles. The van der Waals surface area contributed by atoms with E-state index >= 15 is 4.79 Å². The highest BCUT2D eigenvalue weighted by molar-refractivity contribution is 7.91. The fourth-order valence-electron chi connectivity index (χ4n) is 8.73. The molecule has 2 aromatic heterocycles. The van der Waals surface area contributed by atoms with E-state index in [1.807, 2.05) is 50.3 Å². The van der Waals surface area contributed by atoms with E-state index in [2.05, 4.69) is 9.71 Å². The molecule has 7 rings (SSSR count). The van der Waals surface area contributed by atoms with E-state index in [9.17, 15) is 36.0 Å². The fraction of sp³-hybridized carbons (Fsp3) is 0.583. The van der Waals surface area contributed by atoms with Gasteiger partial charge in [-0.15, -0.1) is 11.3 Å². The standard InChI is InChI=1S/C48H59F3N4O10S2/c1-8-40-35(22-42(57)65-45(5,6)48(49,50)51)43(58)55-26-34(64-33-19-36(53-37(20-33)41-25-52-27-66-41)30-13-15-32(16-14-30)62-28(2)3)21-38(55)39(56)24-47(23-31(47)12-10-9-11-29(4)63-40)44(59)54-67(60,61)46(7)17-18-46/h10,12-16,19-20,25,27-29,31,34-35,38,40H,8-9,11,17-18,21-24,26H2,1-7H3,(H,54,59)/b12-10-/t29-,31-,34-,35+,38+,40+,47-/m1/s1. The van der Waals surface area contributed by atoms with Crippen LogP contribution in [0.15, 0.2) is 60.3 Å². The van der Waals surface area contributed by atoms with Gasteiger partial charge in [0.25, 0.3) is 0 Å². The second-order valence-corrected chi connectivity index (χ2v) is 22.4. The van der Waals surface area contributed by atoms with Gasteiger partial charge in [-0.3, -0.25) is 28.9 Å². The molecule has 7 atom stereocenters. The summed E-state index contributed by atoms with van der Waals surface area (Å²) in [6.45, 7) is 10.2. The Morgan fingerprint density at radius 2 is 1.78 bits per heavy atom. The van der Waals surface area contributed by atoms with Crippen molar-refractivity contribution in [2.24, 2.45) is 17.3 Å². The zero-order valence-electron chi connectivity index (χ0n) is 38.8. The molecule has 19 heteroatoms. The molecule has 4 aliphatic rings. The number of ketones is 1. The van der Waals surface area contributed by atoms with Crippen LogP contribution in [-0.4, -0.2) is 100 Å². The third-order valence-electron chi connectivity index (χ3n) is 13.3. The van der Waals surface area contributed by atoms with E-state index in [0.717, 1.165) is 24.3 Å². The lowest BCUT2D eigenvalue weighted by molar-refractivity contribution is -0.258. The van der Waals surface area contributed by atoms with Gasteiger partial charge in [0.1, 0.15) is 17.6 Å². The maximum absolute atomic E-state index is 15.1. The number of sulfonamides is 1. The van der Waals surface area contributed by atoms with Crippen LogP contribution < -0.4 is 14.2 Å². The number of benzene rings is 1. The van der Waals surface area contributed by atoms with Crippen molar-refractivity contribution in [3.63, 3.8) is 0 Å². The Balaban J connectivity index is 1.25. The second kappa shape index (κ2) is 19.3. The summed E-state index contributed by atoms with van der Waals surface area (Å²) in [6.07, 6.45) is -1.16. The number of amides is 2. The topological polar surface area (TPSA) is 180 Å². The molecule has 3 fully saturated rings. The monoisotopic (exact) mass is 972 g/mol. The van der Waals surface area contributed by atoms with Crippen molar-refractivity contribution in [1.82, 2.24) is 19.6 Å². The summed E-state index contributed by atoms with van der Waals surface area (Å²) in [6, 6.07) is 9.59. The highest BCUT2D eigenvalue weighted by Crippen LogP contribution is 2.58. The first kappa shape index (κ1) is 50.0. The SMILES string of the molecule is CC[C@@H]1O[C@H](C)CC/C=C\[C@@H]2C[C@@]2(C(=O)NS(=O)(=O)C2(C)CC2)CC(=O)[C@@H]2C[C@@H](Oc3cc(-c4ccc(OC(C)C)cc4)nc(-c4cncs4)c3)CN2C(=O)[C@H]1CC(=O)OC(C)(C)C(F)(F)F. The number of hydrogen-bond acceptors (Lipinski definition) is 13. The van der Waals surface area contributed by atoms with Crippen LogP contribution in [0.25, 0.3) is 21.8 Å². The van der Waals surface area contributed by atoms with Crippen molar-refractivity contribution in [2.45, 2.75) is 153 Å². The number of halogens is 3. The van der Waals surface area contributed by atoms with Crippen LogP contribution in [-0.2, 0) is 38.7 Å². The molecular formula is C48H59F3N4O10S2. The number of allylic oxidation sites excluding steroid dienone is 2. The fourth-order valence-corrected chi connectivity index (χ4v) is 10.6. The number of nitrogens with one attached hydrogen (secondary N) is 1. The minimum Gasteiger partial charge on any atom is -0.491 e. The molecule has 0 bridgehead atoms.